The Kier molecular flexibility index (Phi) is 4.39. The molecule has 5 nitrogen and oxygen atoms in total. The lowest BCUT2D eigenvalue weighted by atomic mass is 10.3. The fourth-order valence-electron chi connectivity index (χ4n) is 1.58. The van der Waals surface area contributed by atoms with Gasteiger partial charge in [-0.15, -0.1) is 11.3 Å². The lowest BCUT2D eigenvalue weighted by Gasteiger charge is -2.20. The smallest absolute Gasteiger partial charge is 0.235 e. The molecule has 0 saturated heterocycles. The van der Waals surface area contributed by atoms with Crippen molar-refractivity contribution in [2.45, 2.75) is 24.2 Å². The van der Waals surface area contributed by atoms with E-state index in [0.29, 0.717) is 10.0 Å². The molecule has 0 radical (unpaired) electrons. The van der Waals surface area contributed by atoms with Crippen LogP contribution in [0.3, 0.4) is 0 Å². The van der Waals surface area contributed by atoms with E-state index in [0.717, 1.165) is 10.2 Å². The molecule has 0 spiro atoms. The molecule has 0 fully saturated rings. The van der Waals surface area contributed by atoms with Crippen molar-refractivity contribution in [1.29, 1.82) is 0 Å². The number of benzene rings is 1. The Bertz CT molecular complexity index is 667. The van der Waals surface area contributed by atoms with E-state index < -0.39 is 10.8 Å². The highest BCUT2D eigenvalue weighted by molar-refractivity contribution is 7.88. The standard InChI is InChI=1S/C13H17N3O2S2/c1-8(2)16(3)12(17)7-20(18)13-15-10-5-4-9(14)6-11(10)19-13/h4-6,8H,7,14H2,1-3H3. The number of fused-ring (bicyclic) bond motifs is 1. The number of nitrogens with zero attached hydrogens (tertiary/aromatic N) is 2. The second-order valence-electron chi connectivity index (χ2n) is 4.80. The van der Waals surface area contributed by atoms with Crippen LogP contribution in [0.5, 0.6) is 0 Å². The minimum atomic E-state index is -1.41. The molecule has 20 heavy (non-hydrogen) atoms. The van der Waals surface area contributed by atoms with Crippen molar-refractivity contribution in [2.24, 2.45) is 0 Å². The highest BCUT2D eigenvalue weighted by Crippen LogP contribution is 2.26. The topological polar surface area (TPSA) is 76.3 Å². The third-order valence-electron chi connectivity index (χ3n) is 3.01. The normalized spacial score (nSPS) is 12.8. The van der Waals surface area contributed by atoms with Gasteiger partial charge in [-0.05, 0) is 32.0 Å². The fraction of sp³-hybridized carbons (Fsp3) is 0.385. The van der Waals surface area contributed by atoms with E-state index in [4.69, 9.17) is 5.73 Å². The van der Waals surface area contributed by atoms with Crippen molar-refractivity contribution in [2.75, 3.05) is 18.5 Å². The lowest BCUT2D eigenvalue weighted by Crippen LogP contribution is -2.36. The summed E-state index contributed by atoms with van der Waals surface area (Å²) in [5.41, 5.74) is 7.11. The number of hydrogen-bond acceptors (Lipinski definition) is 5. The van der Waals surface area contributed by atoms with Crippen LogP contribution in [-0.4, -0.2) is 38.8 Å². The second kappa shape index (κ2) is 5.88. The van der Waals surface area contributed by atoms with E-state index in [1.807, 2.05) is 13.8 Å². The van der Waals surface area contributed by atoms with Gasteiger partial charge in [-0.1, -0.05) is 0 Å². The van der Waals surface area contributed by atoms with E-state index in [1.54, 1.807) is 30.1 Å². The van der Waals surface area contributed by atoms with Crippen molar-refractivity contribution in [3.05, 3.63) is 18.2 Å². The molecule has 1 atom stereocenters. The third kappa shape index (κ3) is 3.16. The maximum absolute atomic E-state index is 12.2. The lowest BCUT2D eigenvalue weighted by molar-refractivity contribution is -0.128. The molecular weight excluding hydrogens is 294 g/mol. The number of nitrogen functional groups attached to an aromatic ring is 1. The molecule has 0 aliphatic rings. The summed E-state index contributed by atoms with van der Waals surface area (Å²) in [7, 11) is 0.297. The summed E-state index contributed by atoms with van der Waals surface area (Å²) in [5, 5.41) is 0. The number of thiazole rings is 1. The summed E-state index contributed by atoms with van der Waals surface area (Å²) in [6.45, 7) is 3.84. The van der Waals surface area contributed by atoms with Crippen molar-refractivity contribution in [3.8, 4) is 0 Å². The zero-order valence-electron chi connectivity index (χ0n) is 11.6. The van der Waals surface area contributed by atoms with Crippen molar-refractivity contribution >= 4 is 43.9 Å². The van der Waals surface area contributed by atoms with Crippen LogP contribution in [0, 0.1) is 0 Å². The van der Waals surface area contributed by atoms with Crippen molar-refractivity contribution in [1.82, 2.24) is 9.88 Å². The number of nitrogens with two attached hydrogens (primary N) is 1. The van der Waals surface area contributed by atoms with Gasteiger partial charge in [-0.2, -0.15) is 0 Å². The summed E-state index contributed by atoms with van der Waals surface area (Å²) < 4.78 is 13.6. The molecular formula is C13H17N3O2S2. The molecule has 0 aliphatic heterocycles. The average molecular weight is 311 g/mol. The van der Waals surface area contributed by atoms with Crippen molar-refractivity contribution in [3.63, 3.8) is 0 Å². The largest absolute Gasteiger partial charge is 0.399 e. The molecule has 7 heteroatoms. The number of aromatic nitrogens is 1. The van der Waals surface area contributed by atoms with Gasteiger partial charge in [-0.25, -0.2) is 4.98 Å². The van der Waals surface area contributed by atoms with Gasteiger partial charge in [0.25, 0.3) is 0 Å². The van der Waals surface area contributed by atoms with Crippen LogP contribution < -0.4 is 5.73 Å². The van der Waals surface area contributed by atoms with Gasteiger partial charge in [0, 0.05) is 18.8 Å². The second-order valence-corrected chi connectivity index (χ2v) is 7.45. The van der Waals surface area contributed by atoms with Gasteiger partial charge in [0.2, 0.25) is 5.91 Å². The molecule has 108 valence electrons. The Morgan fingerprint density at radius 2 is 2.20 bits per heavy atom. The van der Waals surface area contributed by atoms with E-state index in [-0.39, 0.29) is 17.7 Å². The Morgan fingerprint density at radius 1 is 1.50 bits per heavy atom. The zero-order chi connectivity index (χ0) is 14.9. The molecule has 1 amide bonds. The Labute approximate surface area is 124 Å². The first-order valence-corrected chi connectivity index (χ1v) is 8.32. The summed E-state index contributed by atoms with van der Waals surface area (Å²) in [6, 6.07) is 5.45. The molecule has 2 rings (SSSR count). The first-order valence-electron chi connectivity index (χ1n) is 6.18. The van der Waals surface area contributed by atoms with E-state index in [2.05, 4.69) is 4.98 Å². The Hall–Kier alpha value is -1.47. The van der Waals surface area contributed by atoms with Crippen LogP contribution in [0.25, 0.3) is 10.2 Å². The molecule has 1 heterocycles. The van der Waals surface area contributed by atoms with Crippen LogP contribution in [-0.2, 0) is 15.6 Å². The number of hydrogen-bond donors (Lipinski definition) is 1. The zero-order valence-corrected chi connectivity index (χ0v) is 13.3. The monoisotopic (exact) mass is 311 g/mol. The minimum Gasteiger partial charge on any atom is -0.399 e. The summed E-state index contributed by atoms with van der Waals surface area (Å²) in [6.07, 6.45) is 0. The predicted molar refractivity (Wildman–Crippen MR) is 83.2 cm³/mol. The van der Waals surface area contributed by atoms with Crippen LogP contribution in [0.15, 0.2) is 22.5 Å². The molecule has 2 N–H and O–H groups in total. The number of carbonyl (C=O) groups is 1. The first kappa shape index (κ1) is 14.9. The quantitative estimate of drug-likeness (QED) is 0.874. The molecule has 0 bridgehead atoms. The van der Waals surface area contributed by atoms with E-state index >= 15 is 0 Å². The van der Waals surface area contributed by atoms with Gasteiger partial charge in [0.15, 0.2) is 4.34 Å². The summed E-state index contributed by atoms with van der Waals surface area (Å²) >= 11 is 1.32. The first-order chi connectivity index (χ1) is 9.38. The van der Waals surface area contributed by atoms with E-state index in [9.17, 15) is 9.00 Å². The molecule has 1 aromatic carbocycles. The predicted octanol–water partition coefficient (Wildman–Crippen LogP) is 1.85. The van der Waals surface area contributed by atoms with Crippen LogP contribution in [0.2, 0.25) is 0 Å². The number of anilines is 1. The molecule has 2 aromatic rings. The van der Waals surface area contributed by atoms with E-state index in [1.165, 1.54) is 11.3 Å². The number of amides is 1. The maximum atomic E-state index is 12.2. The van der Waals surface area contributed by atoms with Gasteiger partial charge in [-0.3, -0.25) is 9.00 Å². The van der Waals surface area contributed by atoms with Crippen LogP contribution >= 0.6 is 11.3 Å². The Morgan fingerprint density at radius 3 is 2.85 bits per heavy atom. The van der Waals surface area contributed by atoms with Crippen LogP contribution in [0.1, 0.15) is 13.8 Å². The average Bonchev–Trinajstić information content (AvgIpc) is 2.80. The fourth-order valence-corrected chi connectivity index (χ4v) is 3.90. The SMILES string of the molecule is CC(C)N(C)C(=O)CS(=O)c1nc2ccc(N)cc2s1. The molecule has 0 saturated carbocycles. The Balaban J connectivity index is 2.17. The molecule has 1 aromatic heterocycles. The van der Waals surface area contributed by atoms with Crippen molar-refractivity contribution < 1.29 is 9.00 Å². The van der Waals surface area contributed by atoms with Gasteiger partial charge in [0.05, 0.1) is 21.0 Å². The maximum Gasteiger partial charge on any atom is 0.235 e. The number of rotatable bonds is 4. The summed E-state index contributed by atoms with van der Waals surface area (Å²) in [5.74, 6) is -0.179. The van der Waals surface area contributed by atoms with Gasteiger partial charge < -0.3 is 10.6 Å². The van der Waals surface area contributed by atoms with Gasteiger partial charge >= 0.3 is 0 Å². The third-order valence-corrected chi connectivity index (χ3v) is 5.62. The highest BCUT2D eigenvalue weighted by atomic mass is 32.2. The van der Waals surface area contributed by atoms with Crippen LogP contribution in [0.4, 0.5) is 5.69 Å². The number of carbonyl (C=O) groups excluding carboxylic acids is 1. The van der Waals surface area contributed by atoms with Gasteiger partial charge in [0.1, 0.15) is 5.75 Å². The minimum absolute atomic E-state index is 0.0377. The summed E-state index contributed by atoms with van der Waals surface area (Å²) in [4.78, 5) is 17.8. The molecule has 1 unspecified atom stereocenters. The molecule has 0 aliphatic carbocycles. The highest BCUT2D eigenvalue weighted by Gasteiger charge is 2.19.